The van der Waals surface area contributed by atoms with Crippen molar-refractivity contribution in [1.29, 1.82) is 10.5 Å². The Morgan fingerprint density at radius 1 is 0.556 bits per heavy atom. The second-order valence-electron chi connectivity index (χ2n) is 16.1. The molecule has 3 aliphatic rings. The van der Waals surface area contributed by atoms with Crippen LogP contribution in [0.1, 0.15) is 74.5 Å². The summed E-state index contributed by atoms with van der Waals surface area (Å²) in [6, 6.07) is 33.3. The van der Waals surface area contributed by atoms with Crippen molar-refractivity contribution in [2.24, 2.45) is 0 Å². The Bertz CT molecular complexity index is 2330. The number of amides is 2. The molecule has 3 fully saturated rings. The van der Waals surface area contributed by atoms with Crippen molar-refractivity contribution in [2.45, 2.75) is 57.4 Å². The fraction of sp³-hybridized carbons (Fsp3) is 0.362. The normalized spacial score (nSPS) is 16.5. The number of likely N-dealkylation sites (tertiary alicyclic amines) is 2. The second kappa shape index (κ2) is 22.1. The minimum absolute atomic E-state index is 0.121. The summed E-state index contributed by atoms with van der Waals surface area (Å²) in [4.78, 5) is 34.2. The summed E-state index contributed by atoms with van der Waals surface area (Å²) in [6.07, 6.45) is 3.55. The summed E-state index contributed by atoms with van der Waals surface area (Å²) < 4.78 is 13.1. The van der Waals surface area contributed by atoms with Crippen LogP contribution >= 0.6 is 11.6 Å². The highest BCUT2D eigenvalue weighted by molar-refractivity contribution is 6.29. The lowest BCUT2D eigenvalue weighted by Gasteiger charge is -2.35. The van der Waals surface area contributed by atoms with Crippen molar-refractivity contribution in [3.8, 4) is 12.1 Å². The summed E-state index contributed by atoms with van der Waals surface area (Å²) in [6.45, 7) is 9.54. The van der Waals surface area contributed by atoms with Crippen LogP contribution in [0.2, 0.25) is 5.15 Å². The molecule has 14 nitrogen and oxygen atoms in total. The third-order valence-corrected chi connectivity index (χ3v) is 11.8. The molecule has 3 aromatic carbocycles. The fourth-order valence-corrected chi connectivity index (χ4v) is 8.01. The third-order valence-electron chi connectivity index (χ3n) is 11.6. The average molecular weight is 869 g/mol. The minimum Gasteiger partial charge on any atom is -0.353 e. The summed E-state index contributed by atoms with van der Waals surface area (Å²) in [5.74, 6) is 0.170. The molecule has 0 bridgehead atoms. The van der Waals surface area contributed by atoms with Crippen molar-refractivity contribution in [3.63, 3.8) is 0 Å². The van der Waals surface area contributed by atoms with Gasteiger partial charge < -0.3 is 15.5 Å². The highest BCUT2D eigenvalue weighted by Crippen LogP contribution is 2.19. The van der Waals surface area contributed by atoms with Crippen LogP contribution in [0.25, 0.3) is 0 Å². The van der Waals surface area contributed by atoms with Crippen LogP contribution < -0.4 is 15.5 Å². The number of rotatable bonds is 11. The Labute approximate surface area is 372 Å². The fourth-order valence-electron chi connectivity index (χ4n) is 7.91. The van der Waals surface area contributed by atoms with E-state index < -0.39 is 0 Å². The van der Waals surface area contributed by atoms with Gasteiger partial charge in [-0.05, 0) is 103 Å². The van der Waals surface area contributed by atoms with Gasteiger partial charge in [-0.25, -0.2) is 4.39 Å². The molecule has 2 aromatic heterocycles. The number of halogens is 2. The van der Waals surface area contributed by atoms with Gasteiger partial charge in [0.25, 0.3) is 11.8 Å². The maximum Gasteiger partial charge on any atom is 0.272 e. The van der Waals surface area contributed by atoms with Crippen LogP contribution in [0.4, 0.5) is 10.2 Å². The lowest BCUT2D eigenvalue weighted by Crippen LogP contribution is -2.46. The van der Waals surface area contributed by atoms with Crippen LogP contribution in [-0.2, 0) is 19.6 Å². The molecule has 5 heterocycles. The van der Waals surface area contributed by atoms with E-state index >= 15 is 0 Å². The van der Waals surface area contributed by atoms with E-state index in [2.05, 4.69) is 62.8 Å². The molecule has 2 amide bonds. The molecule has 324 valence electrons. The largest absolute Gasteiger partial charge is 0.353 e. The number of hydrogen-bond donors (Lipinski definition) is 2. The van der Waals surface area contributed by atoms with E-state index in [4.69, 9.17) is 22.1 Å². The number of anilines is 1. The van der Waals surface area contributed by atoms with Gasteiger partial charge in [-0.2, -0.15) is 10.5 Å². The molecule has 0 spiro atoms. The molecule has 0 atom stereocenters. The summed E-state index contributed by atoms with van der Waals surface area (Å²) >= 11 is 5.68. The van der Waals surface area contributed by atoms with Crippen molar-refractivity contribution < 1.29 is 14.0 Å². The molecule has 0 aliphatic carbocycles. The Balaban J connectivity index is 0.000000206. The first-order valence-corrected chi connectivity index (χ1v) is 21.7. The zero-order valence-electron chi connectivity index (χ0n) is 35.0. The van der Waals surface area contributed by atoms with E-state index in [1.807, 2.05) is 66.7 Å². The number of nitrogens with zero attached hydrogens (tertiary/aromatic N) is 10. The van der Waals surface area contributed by atoms with Gasteiger partial charge in [0.1, 0.15) is 5.82 Å². The van der Waals surface area contributed by atoms with E-state index in [0.29, 0.717) is 16.8 Å². The van der Waals surface area contributed by atoms with Crippen LogP contribution in [0.15, 0.2) is 97.1 Å². The third kappa shape index (κ3) is 13.3. The monoisotopic (exact) mass is 868 g/mol. The number of hydrogen-bond acceptors (Lipinski definition) is 12. The van der Waals surface area contributed by atoms with Gasteiger partial charge in [0.2, 0.25) is 0 Å². The van der Waals surface area contributed by atoms with Crippen molar-refractivity contribution in [3.05, 3.63) is 147 Å². The van der Waals surface area contributed by atoms with Gasteiger partial charge in [0.05, 0.1) is 23.3 Å². The zero-order valence-corrected chi connectivity index (χ0v) is 35.8. The molecule has 8 rings (SSSR count). The van der Waals surface area contributed by atoms with Crippen molar-refractivity contribution >= 4 is 29.2 Å². The molecule has 0 saturated carbocycles. The van der Waals surface area contributed by atoms with Gasteiger partial charge >= 0.3 is 0 Å². The molecule has 63 heavy (non-hydrogen) atoms. The van der Waals surface area contributed by atoms with Crippen molar-refractivity contribution in [1.82, 2.24) is 45.7 Å². The predicted octanol–water partition coefficient (Wildman–Crippen LogP) is 5.60. The molecular weight excluding hydrogens is 819 g/mol. The summed E-state index contributed by atoms with van der Waals surface area (Å²) in [5.41, 5.74) is 5.46. The van der Waals surface area contributed by atoms with Gasteiger partial charge in [-0.15, -0.1) is 20.4 Å². The van der Waals surface area contributed by atoms with Gasteiger partial charge in [0.15, 0.2) is 22.4 Å². The van der Waals surface area contributed by atoms with E-state index in [9.17, 15) is 14.0 Å². The maximum absolute atomic E-state index is 13.1. The Morgan fingerprint density at radius 2 is 0.968 bits per heavy atom. The van der Waals surface area contributed by atoms with Crippen LogP contribution in [0.3, 0.4) is 0 Å². The molecule has 3 saturated heterocycles. The van der Waals surface area contributed by atoms with E-state index in [0.717, 1.165) is 109 Å². The first-order chi connectivity index (χ1) is 30.7. The lowest BCUT2D eigenvalue weighted by molar-refractivity contribution is 0.0894. The SMILES string of the molecule is N#Cc1ccc(CN2CCC(NC(=O)c3ccc(Cl)nn3)CC2)cc1.N#Cc1ccc(CN2CCC(NC(=O)c3ccc(N4CCN(Cc5ccc(F)cc5)CC4)nn3)CC2)cc1. The second-order valence-corrected chi connectivity index (χ2v) is 16.5. The summed E-state index contributed by atoms with van der Waals surface area (Å²) in [5, 5.41) is 40.2. The number of aromatic nitrogens is 4. The first-order valence-electron chi connectivity index (χ1n) is 21.3. The number of benzene rings is 3. The van der Waals surface area contributed by atoms with Crippen LogP contribution in [-0.4, -0.2) is 111 Å². The number of nitrogens with one attached hydrogen (secondary N) is 2. The highest BCUT2D eigenvalue weighted by atomic mass is 35.5. The van der Waals surface area contributed by atoms with Crippen molar-refractivity contribution in [2.75, 3.05) is 57.3 Å². The molecular formula is C47H50ClFN12O2. The lowest BCUT2D eigenvalue weighted by atomic mass is 10.0. The molecule has 0 unspecified atom stereocenters. The number of carbonyl (C=O) groups excluding carboxylic acids is 2. The smallest absolute Gasteiger partial charge is 0.272 e. The van der Waals surface area contributed by atoms with Crippen LogP contribution in [0.5, 0.6) is 0 Å². The standard InChI is InChI=1S/C29H32FN7O.C18H18ClN5O/c30-25-7-5-24(6-8-25)21-36-15-17-37(18-16-36)28-10-9-27(33-34-28)29(38)32-26-11-13-35(14-12-26)20-23-3-1-22(19-31)2-4-23;19-17-6-5-16(22-23-17)18(25)21-15-7-9-24(10-8-15)12-14-3-1-13(11-20)2-4-14/h1-10,26H,11-18,20-21H2,(H,32,38);1-6,15H,7-10,12H2,(H,21,25). The van der Waals surface area contributed by atoms with Crippen LogP contribution in [0, 0.1) is 28.5 Å². The number of nitriles is 2. The zero-order chi connectivity index (χ0) is 44.0. The maximum atomic E-state index is 13.1. The van der Waals surface area contributed by atoms with E-state index in [-0.39, 0.29) is 40.6 Å². The number of piperidine rings is 2. The summed E-state index contributed by atoms with van der Waals surface area (Å²) in [7, 11) is 0. The first kappa shape index (κ1) is 44.7. The molecule has 3 aliphatic heterocycles. The quantitative estimate of drug-likeness (QED) is 0.169. The number of piperazine rings is 1. The van der Waals surface area contributed by atoms with Gasteiger partial charge in [-0.1, -0.05) is 48.0 Å². The minimum atomic E-state index is -0.213. The average Bonchev–Trinajstić information content (AvgIpc) is 3.32. The Hall–Kier alpha value is -6.36. The Morgan fingerprint density at radius 3 is 1.37 bits per heavy atom. The number of carbonyl (C=O) groups is 2. The molecule has 5 aromatic rings. The van der Waals surface area contributed by atoms with Gasteiger partial charge in [-0.3, -0.25) is 24.3 Å². The molecule has 2 N–H and O–H groups in total. The van der Waals surface area contributed by atoms with Gasteiger partial charge in [0, 0.05) is 84.1 Å². The van der Waals surface area contributed by atoms with E-state index in [1.54, 1.807) is 18.2 Å². The topological polar surface area (TPSA) is 170 Å². The van der Waals surface area contributed by atoms with E-state index in [1.165, 1.54) is 23.3 Å². The predicted molar refractivity (Wildman–Crippen MR) is 237 cm³/mol. The molecule has 0 radical (unpaired) electrons. The highest BCUT2D eigenvalue weighted by Gasteiger charge is 2.24. The Kier molecular flexibility index (Phi) is 15.7. The molecule has 16 heteroatoms.